The number of hydrogen-bond donors (Lipinski definition) is 0. The molecule has 0 radical (unpaired) electrons. The minimum absolute atomic E-state index is 0.0428. The maximum atomic E-state index is 12.5. The SMILES string of the molecule is C/C(=C\c1cc(C(F)(F)F)cc(C(F)(F)F)c1)[N+](=O)[O-]. The van der Waals surface area contributed by atoms with E-state index in [1.807, 2.05) is 0 Å². The Labute approximate surface area is 108 Å². The summed E-state index contributed by atoms with van der Waals surface area (Å²) in [4.78, 5) is 9.45. The van der Waals surface area contributed by atoms with Gasteiger partial charge in [-0.25, -0.2) is 0 Å². The van der Waals surface area contributed by atoms with E-state index in [1.165, 1.54) is 0 Å². The summed E-state index contributed by atoms with van der Waals surface area (Å²) in [5.41, 5.74) is -4.15. The molecule has 0 unspecified atom stereocenters. The molecule has 20 heavy (non-hydrogen) atoms. The van der Waals surface area contributed by atoms with E-state index in [4.69, 9.17) is 0 Å². The molecule has 0 aliphatic rings. The van der Waals surface area contributed by atoms with Crippen molar-refractivity contribution in [1.82, 2.24) is 0 Å². The molecule has 1 aromatic rings. The molecule has 0 aliphatic heterocycles. The van der Waals surface area contributed by atoms with Gasteiger partial charge in [0, 0.05) is 13.0 Å². The van der Waals surface area contributed by atoms with Crippen LogP contribution in [0.2, 0.25) is 0 Å². The van der Waals surface area contributed by atoms with Crippen LogP contribution in [0.5, 0.6) is 0 Å². The summed E-state index contributed by atoms with van der Waals surface area (Å²) in [5.74, 6) is 0. The maximum absolute atomic E-state index is 12.5. The van der Waals surface area contributed by atoms with Gasteiger partial charge in [-0.15, -0.1) is 0 Å². The summed E-state index contributed by atoms with van der Waals surface area (Å²) in [6, 6.07) is 0.795. The molecule has 0 saturated carbocycles. The highest BCUT2D eigenvalue weighted by molar-refractivity contribution is 5.54. The number of nitro groups is 1. The molecule has 0 bridgehead atoms. The van der Waals surface area contributed by atoms with Gasteiger partial charge in [-0.2, -0.15) is 26.3 Å². The predicted molar refractivity (Wildman–Crippen MR) is 57.1 cm³/mol. The summed E-state index contributed by atoms with van der Waals surface area (Å²) >= 11 is 0. The van der Waals surface area contributed by atoms with Crippen molar-refractivity contribution in [3.8, 4) is 0 Å². The average molecular weight is 299 g/mol. The van der Waals surface area contributed by atoms with E-state index in [0.29, 0.717) is 18.2 Å². The first-order chi connectivity index (χ1) is 8.91. The molecular formula is C11H7F6NO2. The molecule has 0 spiro atoms. The van der Waals surface area contributed by atoms with E-state index >= 15 is 0 Å². The maximum Gasteiger partial charge on any atom is 0.416 e. The van der Waals surface area contributed by atoms with Gasteiger partial charge >= 0.3 is 12.4 Å². The lowest BCUT2D eigenvalue weighted by atomic mass is 10.0. The van der Waals surface area contributed by atoms with Crippen molar-refractivity contribution in [2.45, 2.75) is 19.3 Å². The Morgan fingerprint density at radius 2 is 1.45 bits per heavy atom. The van der Waals surface area contributed by atoms with Crippen LogP contribution >= 0.6 is 0 Å². The Kier molecular flexibility index (Phi) is 4.11. The first-order valence-electron chi connectivity index (χ1n) is 5.03. The van der Waals surface area contributed by atoms with Crippen LogP contribution in [0.25, 0.3) is 6.08 Å². The highest BCUT2D eigenvalue weighted by Gasteiger charge is 2.36. The number of nitrogens with zero attached hydrogens (tertiary/aromatic N) is 1. The van der Waals surface area contributed by atoms with Crippen LogP contribution in [0.15, 0.2) is 23.9 Å². The Bertz CT molecular complexity index is 527. The third-order valence-corrected chi connectivity index (χ3v) is 2.27. The molecule has 110 valence electrons. The molecule has 0 heterocycles. The normalized spacial score (nSPS) is 13.4. The lowest BCUT2D eigenvalue weighted by molar-refractivity contribution is -0.422. The summed E-state index contributed by atoms with van der Waals surface area (Å²) in [5, 5.41) is 10.4. The van der Waals surface area contributed by atoms with E-state index in [1.54, 1.807) is 0 Å². The van der Waals surface area contributed by atoms with Crippen LogP contribution in [0.4, 0.5) is 26.3 Å². The summed E-state index contributed by atoms with van der Waals surface area (Å²) in [7, 11) is 0. The minimum atomic E-state index is -4.98. The zero-order valence-corrected chi connectivity index (χ0v) is 9.84. The minimum Gasteiger partial charge on any atom is -0.259 e. The van der Waals surface area contributed by atoms with E-state index in [2.05, 4.69) is 0 Å². The number of benzene rings is 1. The molecule has 0 saturated heterocycles. The van der Waals surface area contributed by atoms with Gasteiger partial charge in [0.1, 0.15) is 0 Å². The van der Waals surface area contributed by atoms with Gasteiger partial charge in [-0.1, -0.05) is 0 Å². The predicted octanol–water partition coefficient (Wildman–Crippen LogP) is 4.36. The quantitative estimate of drug-likeness (QED) is 0.462. The van der Waals surface area contributed by atoms with E-state index in [0.717, 1.165) is 6.92 Å². The fourth-order valence-electron chi connectivity index (χ4n) is 1.36. The van der Waals surface area contributed by atoms with E-state index in [9.17, 15) is 36.5 Å². The second kappa shape index (κ2) is 5.14. The fourth-order valence-corrected chi connectivity index (χ4v) is 1.36. The summed E-state index contributed by atoms with van der Waals surface area (Å²) < 4.78 is 75.1. The lowest BCUT2D eigenvalue weighted by Gasteiger charge is -2.12. The van der Waals surface area contributed by atoms with Crippen LogP contribution in [0.1, 0.15) is 23.6 Å². The molecule has 9 heteroatoms. The lowest BCUT2D eigenvalue weighted by Crippen LogP contribution is -2.11. The topological polar surface area (TPSA) is 43.1 Å². The number of hydrogen-bond acceptors (Lipinski definition) is 2. The van der Waals surface area contributed by atoms with Crippen molar-refractivity contribution in [2.75, 3.05) is 0 Å². The molecule has 0 atom stereocenters. The smallest absolute Gasteiger partial charge is 0.259 e. The van der Waals surface area contributed by atoms with Crippen molar-refractivity contribution in [2.24, 2.45) is 0 Å². The van der Waals surface area contributed by atoms with Gasteiger partial charge in [0.05, 0.1) is 16.1 Å². The van der Waals surface area contributed by atoms with Gasteiger partial charge in [-0.3, -0.25) is 10.1 Å². The third kappa shape index (κ3) is 3.97. The van der Waals surface area contributed by atoms with Crippen molar-refractivity contribution in [3.63, 3.8) is 0 Å². The van der Waals surface area contributed by atoms with Gasteiger partial charge in [0.2, 0.25) is 5.70 Å². The highest BCUT2D eigenvalue weighted by Crippen LogP contribution is 2.36. The Hall–Kier alpha value is -2.06. The second-order valence-corrected chi connectivity index (χ2v) is 3.88. The number of allylic oxidation sites excluding steroid dienone is 1. The third-order valence-electron chi connectivity index (χ3n) is 2.27. The number of halogens is 6. The van der Waals surface area contributed by atoms with E-state index in [-0.39, 0.29) is 6.07 Å². The zero-order valence-electron chi connectivity index (χ0n) is 9.84. The molecule has 3 nitrogen and oxygen atoms in total. The zero-order chi connectivity index (χ0) is 15.7. The fraction of sp³-hybridized carbons (Fsp3) is 0.273. The largest absolute Gasteiger partial charge is 0.416 e. The van der Waals surface area contributed by atoms with Crippen LogP contribution in [0, 0.1) is 10.1 Å². The highest BCUT2D eigenvalue weighted by atomic mass is 19.4. The van der Waals surface area contributed by atoms with Crippen molar-refractivity contribution < 1.29 is 31.3 Å². The summed E-state index contributed by atoms with van der Waals surface area (Å²) in [6.45, 7) is 0.966. The Morgan fingerprint density at radius 3 is 1.75 bits per heavy atom. The molecule has 0 amide bonds. The Morgan fingerprint density at radius 1 is 1.05 bits per heavy atom. The van der Waals surface area contributed by atoms with Gasteiger partial charge in [0.15, 0.2) is 0 Å². The first kappa shape index (κ1) is 16.0. The van der Waals surface area contributed by atoms with Crippen LogP contribution < -0.4 is 0 Å². The monoisotopic (exact) mass is 299 g/mol. The molecule has 0 fully saturated rings. The van der Waals surface area contributed by atoms with Crippen molar-refractivity contribution in [3.05, 3.63) is 50.7 Å². The van der Waals surface area contributed by atoms with Crippen LogP contribution in [-0.2, 0) is 12.4 Å². The molecule has 0 N–H and O–H groups in total. The van der Waals surface area contributed by atoms with Crippen LogP contribution in [0.3, 0.4) is 0 Å². The van der Waals surface area contributed by atoms with Crippen molar-refractivity contribution >= 4 is 6.08 Å². The standard InChI is InChI=1S/C11H7F6NO2/c1-6(18(19)20)2-7-3-8(10(12,13)14)5-9(4-7)11(15,16)17/h2-5H,1H3/b6-2+. The van der Waals surface area contributed by atoms with Gasteiger partial charge < -0.3 is 0 Å². The first-order valence-corrected chi connectivity index (χ1v) is 5.03. The van der Waals surface area contributed by atoms with Crippen molar-refractivity contribution in [1.29, 1.82) is 0 Å². The number of rotatable bonds is 2. The average Bonchev–Trinajstić information content (AvgIpc) is 2.26. The second-order valence-electron chi connectivity index (χ2n) is 3.88. The molecule has 0 aliphatic carbocycles. The van der Waals surface area contributed by atoms with E-state index < -0.39 is 39.7 Å². The molecule has 1 aromatic carbocycles. The molecule has 0 aromatic heterocycles. The molecule has 1 rings (SSSR count). The van der Waals surface area contributed by atoms with Gasteiger partial charge in [0.25, 0.3) is 0 Å². The Balaban J connectivity index is 3.47. The van der Waals surface area contributed by atoms with Crippen LogP contribution in [-0.4, -0.2) is 4.92 Å². The summed E-state index contributed by atoms with van der Waals surface area (Å²) in [6.07, 6.45) is -9.32. The number of alkyl halides is 6. The molecular weight excluding hydrogens is 292 g/mol. The van der Waals surface area contributed by atoms with Gasteiger partial charge in [-0.05, 0) is 23.8 Å².